The predicted molar refractivity (Wildman–Crippen MR) is 79.3 cm³/mol. The van der Waals surface area contributed by atoms with E-state index < -0.39 is 0 Å². The molecule has 20 heavy (non-hydrogen) atoms. The third-order valence-electron chi connectivity index (χ3n) is 3.87. The van der Waals surface area contributed by atoms with E-state index >= 15 is 0 Å². The van der Waals surface area contributed by atoms with Gasteiger partial charge in [-0.05, 0) is 30.2 Å². The van der Waals surface area contributed by atoms with Crippen molar-refractivity contribution in [2.24, 2.45) is 11.8 Å². The average molecular weight is 276 g/mol. The molecule has 1 fully saturated rings. The van der Waals surface area contributed by atoms with Crippen molar-refractivity contribution in [3.63, 3.8) is 0 Å². The largest absolute Gasteiger partial charge is 0.376 e. The fourth-order valence-corrected chi connectivity index (χ4v) is 2.79. The first-order chi connectivity index (χ1) is 9.83. The highest BCUT2D eigenvalue weighted by Gasteiger charge is 2.33. The summed E-state index contributed by atoms with van der Waals surface area (Å²) in [6.45, 7) is 5.73. The minimum atomic E-state index is 0.267. The summed E-state index contributed by atoms with van der Waals surface area (Å²) in [7, 11) is 1.65. The molecule has 0 bridgehead atoms. The number of hydrogen-bond donors (Lipinski definition) is 0. The molecule has 0 unspecified atom stereocenters. The molecule has 0 aliphatic heterocycles. The van der Waals surface area contributed by atoms with Crippen molar-refractivity contribution in [1.82, 2.24) is 0 Å². The standard InChI is InChI=1S/C17H24O3/c1-3-15-9-17(20-13-18-2)10-16(15)12-19-11-14-7-5-4-6-8-14/h3-8,15-17H,1,9-13H2,2H3/t15-,16+,17+/m1/s1. The highest BCUT2D eigenvalue weighted by atomic mass is 16.7. The van der Waals surface area contributed by atoms with Crippen LogP contribution in [0.2, 0.25) is 0 Å². The van der Waals surface area contributed by atoms with Gasteiger partial charge in [-0.25, -0.2) is 0 Å². The van der Waals surface area contributed by atoms with Crippen LogP contribution in [-0.4, -0.2) is 26.6 Å². The lowest BCUT2D eigenvalue weighted by Gasteiger charge is -2.15. The smallest absolute Gasteiger partial charge is 0.146 e. The van der Waals surface area contributed by atoms with E-state index in [1.807, 2.05) is 24.3 Å². The maximum Gasteiger partial charge on any atom is 0.146 e. The summed E-state index contributed by atoms with van der Waals surface area (Å²) in [5.74, 6) is 0.977. The Morgan fingerprint density at radius 2 is 2.05 bits per heavy atom. The summed E-state index contributed by atoms with van der Waals surface area (Å²) >= 11 is 0. The van der Waals surface area contributed by atoms with Gasteiger partial charge in [0.25, 0.3) is 0 Å². The summed E-state index contributed by atoms with van der Waals surface area (Å²) in [6.07, 6.45) is 4.34. The zero-order valence-electron chi connectivity index (χ0n) is 12.2. The molecule has 1 saturated carbocycles. The molecule has 0 heterocycles. The van der Waals surface area contributed by atoms with Gasteiger partial charge in [-0.2, -0.15) is 0 Å². The van der Waals surface area contributed by atoms with Gasteiger partial charge in [0, 0.05) is 7.11 Å². The first-order valence-electron chi connectivity index (χ1n) is 7.18. The van der Waals surface area contributed by atoms with Crippen LogP contribution < -0.4 is 0 Å². The predicted octanol–water partition coefficient (Wildman–Crippen LogP) is 3.40. The highest BCUT2D eigenvalue weighted by Crippen LogP contribution is 2.34. The van der Waals surface area contributed by atoms with Crippen LogP contribution in [0.25, 0.3) is 0 Å². The van der Waals surface area contributed by atoms with Crippen LogP contribution in [0.5, 0.6) is 0 Å². The number of allylic oxidation sites excluding steroid dienone is 1. The summed E-state index contributed by atoms with van der Waals surface area (Å²) in [5.41, 5.74) is 1.22. The lowest BCUT2D eigenvalue weighted by atomic mass is 9.97. The van der Waals surface area contributed by atoms with E-state index in [-0.39, 0.29) is 6.10 Å². The van der Waals surface area contributed by atoms with Crippen molar-refractivity contribution in [3.05, 3.63) is 48.6 Å². The van der Waals surface area contributed by atoms with Gasteiger partial charge < -0.3 is 14.2 Å². The molecule has 0 aromatic heterocycles. The zero-order valence-corrected chi connectivity index (χ0v) is 12.2. The monoisotopic (exact) mass is 276 g/mol. The van der Waals surface area contributed by atoms with Crippen LogP contribution in [0.4, 0.5) is 0 Å². The molecular weight excluding hydrogens is 252 g/mol. The molecule has 2 rings (SSSR count). The van der Waals surface area contributed by atoms with Gasteiger partial charge in [0.15, 0.2) is 0 Å². The Hall–Kier alpha value is -1.16. The van der Waals surface area contributed by atoms with E-state index in [1.54, 1.807) is 7.11 Å². The highest BCUT2D eigenvalue weighted by molar-refractivity contribution is 5.13. The first kappa shape index (κ1) is 15.2. The molecule has 3 atom stereocenters. The zero-order chi connectivity index (χ0) is 14.2. The second kappa shape index (κ2) is 8.20. The first-order valence-corrected chi connectivity index (χ1v) is 7.18. The Morgan fingerprint density at radius 1 is 1.25 bits per heavy atom. The fourth-order valence-electron chi connectivity index (χ4n) is 2.79. The van der Waals surface area contributed by atoms with Crippen LogP contribution in [0.3, 0.4) is 0 Å². The van der Waals surface area contributed by atoms with Crippen molar-refractivity contribution in [3.8, 4) is 0 Å². The molecule has 0 N–H and O–H groups in total. The van der Waals surface area contributed by atoms with Gasteiger partial charge in [0.1, 0.15) is 6.79 Å². The Bertz CT molecular complexity index is 390. The Kier molecular flexibility index (Phi) is 6.25. The molecule has 0 amide bonds. The van der Waals surface area contributed by atoms with Crippen molar-refractivity contribution >= 4 is 0 Å². The maximum absolute atomic E-state index is 5.85. The topological polar surface area (TPSA) is 27.7 Å². The van der Waals surface area contributed by atoms with E-state index in [0.717, 1.165) is 19.4 Å². The average Bonchev–Trinajstić information content (AvgIpc) is 2.88. The molecule has 0 spiro atoms. The van der Waals surface area contributed by atoms with Crippen molar-refractivity contribution in [1.29, 1.82) is 0 Å². The Balaban J connectivity index is 1.75. The molecule has 3 heteroatoms. The molecule has 1 aromatic carbocycles. The number of benzene rings is 1. The van der Waals surface area contributed by atoms with Crippen LogP contribution in [0.1, 0.15) is 18.4 Å². The molecule has 0 radical (unpaired) electrons. The summed E-state index contributed by atoms with van der Waals surface area (Å²) in [4.78, 5) is 0. The fraction of sp³-hybridized carbons (Fsp3) is 0.529. The second-order valence-electron chi connectivity index (χ2n) is 5.33. The number of ether oxygens (including phenoxy) is 3. The van der Waals surface area contributed by atoms with Crippen LogP contribution >= 0.6 is 0 Å². The molecule has 1 aliphatic carbocycles. The normalized spacial score (nSPS) is 25.8. The SMILES string of the molecule is C=C[C@@H]1C[C@H](OCOC)C[C@H]1COCc1ccccc1. The van der Waals surface area contributed by atoms with Crippen molar-refractivity contribution in [2.75, 3.05) is 20.5 Å². The number of rotatable bonds is 8. The Labute approximate surface area is 121 Å². The summed E-state index contributed by atoms with van der Waals surface area (Å²) in [5, 5.41) is 0. The van der Waals surface area contributed by atoms with Crippen LogP contribution in [0.15, 0.2) is 43.0 Å². The third-order valence-corrected chi connectivity index (χ3v) is 3.87. The summed E-state index contributed by atoms with van der Waals surface area (Å²) in [6, 6.07) is 10.3. The van der Waals surface area contributed by atoms with E-state index in [1.165, 1.54) is 5.56 Å². The van der Waals surface area contributed by atoms with E-state index in [4.69, 9.17) is 14.2 Å². The maximum atomic E-state index is 5.85. The second-order valence-corrected chi connectivity index (χ2v) is 5.33. The van der Waals surface area contributed by atoms with Gasteiger partial charge in [0.05, 0.1) is 19.3 Å². The molecule has 3 nitrogen and oxygen atoms in total. The van der Waals surface area contributed by atoms with Crippen LogP contribution in [-0.2, 0) is 20.8 Å². The molecule has 1 aliphatic rings. The van der Waals surface area contributed by atoms with E-state index in [9.17, 15) is 0 Å². The van der Waals surface area contributed by atoms with Gasteiger partial charge >= 0.3 is 0 Å². The van der Waals surface area contributed by atoms with Gasteiger partial charge in [-0.15, -0.1) is 6.58 Å². The van der Waals surface area contributed by atoms with E-state index in [2.05, 4.69) is 18.7 Å². The lowest BCUT2D eigenvalue weighted by Crippen LogP contribution is -2.14. The van der Waals surface area contributed by atoms with Crippen molar-refractivity contribution in [2.45, 2.75) is 25.6 Å². The van der Waals surface area contributed by atoms with E-state index in [0.29, 0.717) is 25.2 Å². The quantitative estimate of drug-likeness (QED) is 0.538. The molecule has 1 aromatic rings. The molecule has 110 valence electrons. The van der Waals surface area contributed by atoms with Gasteiger partial charge in [0.2, 0.25) is 0 Å². The molecule has 0 saturated heterocycles. The third kappa shape index (κ3) is 4.44. The summed E-state index contributed by atoms with van der Waals surface area (Å²) < 4.78 is 16.5. The van der Waals surface area contributed by atoms with Crippen molar-refractivity contribution < 1.29 is 14.2 Å². The number of methoxy groups -OCH3 is 1. The minimum absolute atomic E-state index is 0.267. The van der Waals surface area contributed by atoms with Crippen LogP contribution in [0, 0.1) is 11.8 Å². The Morgan fingerprint density at radius 3 is 2.75 bits per heavy atom. The minimum Gasteiger partial charge on any atom is -0.376 e. The lowest BCUT2D eigenvalue weighted by molar-refractivity contribution is -0.0711. The molecular formula is C17H24O3. The van der Waals surface area contributed by atoms with Gasteiger partial charge in [-0.3, -0.25) is 0 Å². The number of hydrogen-bond acceptors (Lipinski definition) is 3. The van der Waals surface area contributed by atoms with Gasteiger partial charge in [-0.1, -0.05) is 36.4 Å².